The van der Waals surface area contributed by atoms with Gasteiger partial charge in [0.15, 0.2) is 0 Å². The summed E-state index contributed by atoms with van der Waals surface area (Å²) < 4.78 is 21.3. The molecule has 0 spiro atoms. The van der Waals surface area contributed by atoms with Gasteiger partial charge in [0.25, 0.3) is 0 Å². The largest absolute Gasteiger partial charge is 0.487 e. The van der Waals surface area contributed by atoms with E-state index in [4.69, 9.17) is 4.74 Å². The molecule has 1 unspecified atom stereocenters. The van der Waals surface area contributed by atoms with E-state index in [1.54, 1.807) is 18.6 Å². The molecule has 5 heteroatoms. The highest BCUT2D eigenvalue weighted by Crippen LogP contribution is 2.27. The molecule has 0 aliphatic heterocycles. The first kappa shape index (κ1) is 15.5. The van der Waals surface area contributed by atoms with E-state index in [-0.39, 0.29) is 11.9 Å². The minimum atomic E-state index is -0.297. The van der Waals surface area contributed by atoms with Gasteiger partial charge in [-0.15, -0.1) is 0 Å². The molecule has 0 radical (unpaired) electrons. The Labute approximate surface area is 125 Å². The van der Waals surface area contributed by atoms with Crippen LogP contribution in [0.2, 0.25) is 0 Å². The van der Waals surface area contributed by atoms with Crippen molar-refractivity contribution in [3.05, 3.63) is 47.8 Å². The Hall–Kier alpha value is -1.88. The van der Waals surface area contributed by atoms with Crippen molar-refractivity contribution in [3.63, 3.8) is 0 Å². The number of hydrogen-bond donors (Lipinski definition) is 1. The molecule has 2 aromatic rings. The van der Waals surface area contributed by atoms with Crippen molar-refractivity contribution in [1.29, 1.82) is 0 Å². The van der Waals surface area contributed by atoms with E-state index in [0.29, 0.717) is 18.4 Å². The fourth-order valence-electron chi connectivity index (χ4n) is 2.21. The Morgan fingerprint density at radius 3 is 2.76 bits per heavy atom. The van der Waals surface area contributed by atoms with Crippen LogP contribution in [0.3, 0.4) is 0 Å². The Morgan fingerprint density at radius 2 is 2.10 bits per heavy atom. The lowest BCUT2D eigenvalue weighted by molar-refractivity contribution is 0.285. The first-order chi connectivity index (χ1) is 10.0. The van der Waals surface area contributed by atoms with E-state index >= 15 is 0 Å². The summed E-state index contributed by atoms with van der Waals surface area (Å²) in [5, 5.41) is 3.14. The van der Waals surface area contributed by atoms with Crippen LogP contribution >= 0.6 is 0 Å². The number of rotatable bonds is 6. The molecule has 0 amide bonds. The van der Waals surface area contributed by atoms with Crippen LogP contribution in [0, 0.1) is 5.82 Å². The Kier molecular flexibility index (Phi) is 4.96. The van der Waals surface area contributed by atoms with Gasteiger partial charge in [0, 0.05) is 23.7 Å². The molecular weight excluding hydrogens is 269 g/mol. The summed E-state index contributed by atoms with van der Waals surface area (Å²) in [5.41, 5.74) is 1.91. The minimum Gasteiger partial charge on any atom is -0.487 e. The third-order valence-corrected chi connectivity index (χ3v) is 3.55. The molecule has 0 saturated carbocycles. The van der Waals surface area contributed by atoms with Gasteiger partial charge >= 0.3 is 0 Å². The number of imidazole rings is 1. The zero-order valence-corrected chi connectivity index (χ0v) is 12.9. The second-order valence-electron chi connectivity index (χ2n) is 5.37. The summed E-state index contributed by atoms with van der Waals surface area (Å²) in [6.07, 6.45) is 3.56. The molecular formula is C16H22FN3O. The Bertz CT molecular complexity index is 595. The molecule has 0 saturated heterocycles. The highest BCUT2D eigenvalue weighted by atomic mass is 19.1. The van der Waals surface area contributed by atoms with Crippen LogP contribution < -0.4 is 10.1 Å². The second kappa shape index (κ2) is 6.72. The lowest BCUT2D eigenvalue weighted by Gasteiger charge is -2.18. The number of ether oxygens (including phenoxy) is 1. The molecule has 114 valence electrons. The average Bonchev–Trinajstić information content (AvgIpc) is 2.93. The maximum atomic E-state index is 13.5. The van der Waals surface area contributed by atoms with E-state index < -0.39 is 0 Å². The number of benzene rings is 1. The molecule has 1 heterocycles. The van der Waals surface area contributed by atoms with Crippen LogP contribution in [-0.4, -0.2) is 16.6 Å². The third kappa shape index (κ3) is 3.61. The van der Waals surface area contributed by atoms with Crippen molar-refractivity contribution in [2.45, 2.75) is 39.5 Å². The van der Waals surface area contributed by atoms with Crippen LogP contribution in [0.25, 0.3) is 0 Å². The van der Waals surface area contributed by atoms with Crippen LogP contribution in [0.4, 0.5) is 4.39 Å². The molecule has 1 N–H and O–H groups in total. The Morgan fingerprint density at radius 1 is 1.33 bits per heavy atom. The van der Waals surface area contributed by atoms with Crippen molar-refractivity contribution < 1.29 is 9.13 Å². The average molecular weight is 291 g/mol. The van der Waals surface area contributed by atoms with Gasteiger partial charge in [-0.2, -0.15) is 0 Å². The van der Waals surface area contributed by atoms with Crippen molar-refractivity contribution in [3.8, 4) is 5.75 Å². The predicted octanol–water partition coefficient (Wildman–Crippen LogP) is 3.46. The number of aromatic nitrogens is 2. The summed E-state index contributed by atoms with van der Waals surface area (Å²) in [5.74, 6) is 0.266. The van der Waals surface area contributed by atoms with Crippen molar-refractivity contribution >= 4 is 0 Å². The van der Waals surface area contributed by atoms with Crippen LogP contribution in [0.15, 0.2) is 30.7 Å². The van der Waals surface area contributed by atoms with E-state index in [2.05, 4.69) is 24.1 Å². The van der Waals surface area contributed by atoms with Gasteiger partial charge in [-0.3, -0.25) is 0 Å². The second-order valence-corrected chi connectivity index (χ2v) is 5.37. The van der Waals surface area contributed by atoms with Gasteiger partial charge < -0.3 is 14.6 Å². The fourth-order valence-corrected chi connectivity index (χ4v) is 2.21. The highest BCUT2D eigenvalue weighted by molar-refractivity contribution is 5.36. The maximum Gasteiger partial charge on any atom is 0.130 e. The van der Waals surface area contributed by atoms with Gasteiger partial charge in [-0.1, -0.05) is 6.07 Å². The first-order valence-electron chi connectivity index (χ1n) is 7.13. The first-order valence-corrected chi connectivity index (χ1v) is 7.13. The zero-order chi connectivity index (χ0) is 15.4. The maximum absolute atomic E-state index is 13.5. The summed E-state index contributed by atoms with van der Waals surface area (Å²) >= 11 is 0. The quantitative estimate of drug-likeness (QED) is 0.886. The molecule has 4 nitrogen and oxygen atoms in total. The summed E-state index contributed by atoms with van der Waals surface area (Å²) in [6, 6.07) is 5.05. The minimum absolute atomic E-state index is 0.0932. The van der Waals surface area contributed by atoms with Gasteiger partial charge in [0.05, 0.1) is 18.2 Å². The van der Waals surface area contributed by atoms with E-state index in [0.717, 1.165) is 11.3 Å². The van der Waals surface area contributed by atoms with Crippen molar-refractivity contribution in [1.82, 2.24) is 14.9 Å². The molecule has 0 fully saturated rings. The highest BCUT2D eigenvalue weighted by Gasteiger charge is 2.13. The molecule has 0 aliphatic carbocycles. The van der Waals surface area contributed by atoms with E-state index in [1.807, 2.05) is 18.5 Å². The predicted molar refractivity (Wildman–Crippen MR) is 80.8 cm³/mol. The summed E-state index contributed by atoms with van der Waals surface area (Å²) in [7, 11) is 1.87. The molecule has 0 bridgehead atoms. The van der Waals surface area contributed by atoms with Gasteiger partial charge in [-0.25, -0.2) is 9.37 Å². The summed E-state index contributed by atoms with van der Waals surface area (Å²) in [6.45, 7) is 6.55. The van der Waals surface area contributed by atoms with Gasteiger partial charge in [0.2, 0.25) is 0 Å². The molecule has 21 heavy (non-hydrogen) atoms. The van der Waals surface area contributed by atoms with Gasteiger partial charge in [0.1, 0.15) is 18.2 Å². The van der Waals surface area contributed by atoms with Gasteiger partial charge in [-0.05, 0) is 33.9 Å². The number of hydrogen-bond acceptors (Lipinski definition) is 3. The molecule has 1 aromatic heterocycles. The monoisotopic (exact) mass is 291 g/mol. The van der Waals surface area contributed by atoms with Crippen LogP contribution in [0.1, 0.15) is 44.1 Å². The fraction of sp³-hybridized carbons (Fsp3) is 0.438. The third-order valence-electron chi connectivity index (χ3n) is 3.55. The molecule has 0 aliphatic rings. The van der Waals surface area contributed by atoms with Crippen molar-refractivity contribution in [2.75, 3.05) is 7.05 Å². The molecule has 2 rings (SSSR count). The number of halogens is 1. The smallest absolute Gasteiger partial charge is 0.130 e. The van der Waals surface area contributed by atoms with E-state index in [1.165, 1.54) is 12.1 Å². The zero-order valence-electron chi connectivity index (χ0n) is 12.9. The Balaban J connectivity index is 2.19. The number of nitrogens with one attached hydrogen (secondary N) is 1. The van der Waals surface area contributed by atoms with Crippen molar-refractivity contribution in [2.24, 2.45) is 0 Å². The van der Waals surface area contributed by atoms with Crippen LogP contribution in [0.5, 0.6) is 5.75 Å². The topological polar surface area (TPSA) is 39.1 Å². The standard InChI is InChI=1S/C16H22FN3O/c1-11(2)20-10-19-8-14(20)9-21-16-7-13(17)5-6-15(16)12(3)18-4/h5-8,10-12,18H,9H2,1-4H3. The molecule has 1 aromatic carbocycles. The normalized spacial score (nSPS) is 12.7. The van der Waals surface area contributed by atoms with E-state index in [9.17, 15) is 4.39 Å². The lowest BCUT2D eigenvalue weighted by atomic mass is 10.1. The number of nitrogens with zero attached hydrogens (tertiary/aromatic N) is 2. The van der Waals surface area contributed by atoms with Crippen LogP contribution in [-0.2, 0) is 6.61 Å². The molecule has 1 atom stereocenters. The SMILES string of the molecule is CNC(C)c1ccc(F)cc1OCc1cncn1C(C)C. The lowest BCUT2D eigenvalue weighted by Crippen LogP contribution is -2.14. The summed E-state index contributed by atoms with van der Waals surface area (Å²) in [4.78, 5) is 4.14.